The van der Waals surface area contributed by atoms with Gasteiger partial charge in [-0.3, -0.25) is 9.69 Å². The van der Waals surface area contributed by atoms with Crippen molar-refractivity contribution in [2.24, 2.45) is 0 Å². The van der Waals surface area contributed by atoms with E-state index < -0.39 is 11.6 Å². The Hall–Kier alpha value is -2.47. The Labute approximate surface area is 176 Å². The molecule has 2 aliphatic rings. The van der Waals surface area contributed by atoms with Gasteiger partial charge in [-0.05, 0) is 68.5 Å². The van der Waals surface area contributed by atoms with Crippen molar-refractivity contribution in [1.82, 2.24) is 9.80 Å². The fourth-order valence-electron chi connectivity index (χ4n) is 4.24. The number of nitrogens with zero attached hydrogens (tertiary/aromatic N) is 2. The molecule has 160 valence electrons. The topological polar surface area (TPSA) is 32.8 Å². The van der Waals surface area contributed by atoms with Crippen molar-refractivity contribution in [2.45, 2.75) is 44.8 Å². The first-order valence-electron chi connectivity index (χ1n) is 10.8. The van der Waals surface area contributed by atoms with E-state index in [0.29, 0.717) is 5.56 Å². The first-order valence-corrected chi connectivity index (χ1v) is 10.8. The monoisotopic (exact) mass is 414 g/mol. The van der Waals surface area contributed by atoms with Crippen LogP contribution in [0.1, 0.15) is 48.0 Å². The smallest absolute Gasteiger partial charge is 0.253 e. The van der Waals surface area contributed by atoms with E-state index in [9.17, 15) is 13.6 Å². The summed E-state index contributed by atoms with van der Waals surface area (Å²) < 4.78 is 33.8. The molecule has 2 aromatic carbocycles. The molecule has 30 heavy (non-hydrogen) atoms. The van der Waals surface area contributed by atoms with Crippen LogP contribution in [0.15, 0.2) is 42.5 Å². The van der Waals surface area contributed by atoms with Crippen molar-refractivity contribution >= 4 is 5.91 Å². The molecule has 2 fully saturated rings. The van der Waals surface area contributed by atoms with Gasteiger partial charge in [-0.2, -0.15) is 0 Å². The van der Waals surface area contributed by atoms with E-state index >= 15 is 0 Å². The molecule has 0 N–H and O–H groups in total. The molecule has 4 nitrogen and oxygen atoms in total. The number of piperidine rings is 2. The number of hydrogen-bond acceptors (Lipinski definition) is 3. The first kappa shape index (κ1) is 20.8. The Morgan fingerprint density at radius 2 is 1.53 bits per heavy atom. The summed E-state index contributed by atoms with van der Waals surface area (Å²) >= 11 is 0. The van der Waals surface area contributed by atoms with Crippen LogP contribution in [0.4, 0.5) is 8.78 Å². The number of hydrogen-bond donors (Lipinski definition) is 0. The predicted molar refractivity (Wildman–Crippen MR) is 111 cm³/mol. The molecule has 0 spiro atoms. The minimum Gasteiger partial charge on any atom is -0.490 e. The highest BCUT2D eigenvalue weighted by Crippen LogP contribution is 2.23. The molecular weight excluding hydrogens is 386 g/mol. The molecule has 6 heteroatoms. The Balaban J connectivity index is 1.27. The SMILES string of the molecule is O=C(c1ccc(OC2CCN(Cc3c(F)cccc3F)CC2)cc1)N1CCCCC1. The number of amides is 1. The van der Waals surface area contributed by atoms with E-state index in [2.05, 4.69) is 4.90 Å². The number of rotatable bonds is 5. The van der Waals surface area contributed by atoms with Crippen LogP contribution in [0.3, 0.4) is 0 Å². The Bertz CT molecular complexity index is 838. The zero-order chi connectivity index (χ0) is 20.9. The average molecular weight is 414 g/mol. The van der Waals surface area contributed by atoms with Gasteiger partial charge in [0.2, 0.25) is 0 Å². The molecular formula is C24H28F2N2O2. The molecule has 0 unspecified atom stereocenters. The van der Waals surface area contributed by atoms with Gasteiger partial charge in [0.05, 0.1) is 0 Å². The zero-order valence-electron chi connectivity index (χ0n) is 17.2. The second kappa shape index (κ2) is 9.56. The van der Waals surface area contributed by atoms with Crippen LogP contribution >= 0.6 is 0 Å². The fourth-order valence-corrected chi connectivity index (χ4v) is 4.24. The maximum absolute atomic E-state index is 13.9. The summed E-state index contributed by atoms with van der Waals surface area (Å²) in [6.07, 6.45) is 5.01. The lowest BCUT2D eigenvalue weighted by Crippen LogP contribution is -2.38. The number of likely N-dealkylation sites (tertiary alicyclic amines) is 2. The number of halogens is 2. The highest BCUT2D eigenvalue weighted by Gasteiger charge is 2.23. The first-order chi connectivity index (χ1) is 14.6. The molecule has 2 aromatic rings. The molecule has 0 aliphatic carbocycles. The van der Waals surface area contributed by atoms with Gasteiger partial charge < -0.3 is 9.64 Å². The van der Waals surface area contributed by atoms with Gasteiger partial charge in [0.15, 0.2) is 0 Å². The molecule has 0 radical (unpaired) electrons. The lowest BCUT2D eigenvalue weighted by molar-refractivity contribution is 0.0724. The Morgan fingerprint density at radius 3 is 2.17 bits per heavy atom. The van der Waals surface area contributed by atoms with Crippen LogP contribution in [0.2, 0.25) is 0 Å². The fraction of sp³-hybridized carbons (Fsp3) is 0.458. The van der Waals surface area contributed by atoms with E-state index in [0.717, 1.165) is 57.6 Å². The molecule has 0 aromatic heterocycles. The summed E-state index contributed by atoms with van der Waals surface area (Å²) in [7, 11) is 0. The van der Waals surface area contributed by atoms with E-state index in [1.807, 2.05) is 29.2 Å². The molecule has 1 amide bonds. The van der Waals surface area contributed by atoms with Gasteiger partial charge in [0.1, 0.15) is 23.5 Å². The number of carbonyl (C=O) groups is 1. The third kappa shape index (κ3) is 4.98. The Morgan fingerprint density at radius 1 is 0.900 bits per heavy atom. The molecule has 2 aliphatic heterocycles. The maximum Gasteiger partial charge on any atom is 0.253 e. The second-order valence-corrected chi connectivity index (χ2v) is 8.17. The summed E-state index contributed by atoms with van der Waals surface area (Å²) in [5.74, 6) is -0.140. The third-order valence-corrected chi connectivity index (χ3v) is 6.03. The van der Waals surface area contributed by atoms with Crippen LogP contribution in [0.25, 0.3) is 0 Å². The predicted octanol–water partition coefficient (Wildman–Crippen LogP) is 4.63. The second-order valence-electron chi connectivity index (χ2n) is 8.17. The van der Waals surface area contributed by atoms with Crippen molar-refractivity contribution in [3.05, 3.63) is 65.2 Å². The zero-order valence-corrected chi connectivity index (χ0v) is 17.2. The minimum absolute atomic E-state index is 0.0652. The molecule has 4 rings (SSSR count). The van der Waals surface area contributed by atoms with E-state index in [1.165, 1.54) is 24.6 Å². The van der Waals surface area contributed by atoms with Gasteiger partial charge in [-0.15, -0.1) is 0 Å². The number of carbonyl (C=O) groups excluding carboxylic acids is 1. The molecule has 0 atom stereocenters. The van der Waals surface area contributed by atoms with Crippen molar-refractivity contribution in [1.29, 1.82) is 0 Å². The van der Waals surface area contributed by atoms with Crippen LogP contribution in [-0.4, -0.2) is 48.0 Å². The van der Waals surface area contributed by atoms with Gasteiger partial charge in [0.25, 0.3) is 5.91 Å². The summed E-state index contributed by atoms with van der Waals surface area (Å²) in [4.78, 5) is 16.5. The van der Waals surface area contributed by atoms with E-state index in [-0.39, 0.29) is 24.1 Å². The van der Waals surface area contributed by atoms with Gasteiger partial charge in [-0.25, -0.2) is 8.78 Å². The van der Waals surface area contributed by atoms with Gasteiger partial charge in [0, 0.05) is 43.9 Å². The Kier molecular flexibility index (Phi) is 6.62. The summed E-state index contributed by atoms with van der Waals surface area (Å²) in [5, 5.41) is 0. The molecule has 0 bridgehead atoms. The van der Waals surface area contributed by atoms with Crippen LogP contribution in [-0.2, 0) is 6.54 Å². The largest absolute Gasteiger partial charge is 0.490 e. The van der Waals surface area contributed by atoms with Gasteiger partial charge >= 0.3 is 0 Å². The highest BCUT2D eigenvalue weighted by atomic mass is 19.1. The van der Waals surface area contributed by atoms with E-state index in [4.69, 9.17) is 4.74 Å². The highest BCUT2D eigenvalue weighted by molar-refractivity contribution is 5.94. The van der Waals surface area contributed by atoms with Gasteiger partial charge in [-0.1, -0.05) is 6.07 Å². The minimum atomic E-state index is -0.493. The summed E-state index contributed by atoms with van der Waals surface area (Å²) in [6.45, 7) is 3.41. The van der Waals surface area contributed by atoms with Crippen molar-refractivity contribution in [3.8, 4) is 5.75 Å². The maximum atomic E-state index is 13.9. The number of ether oxygens (including phenoxy) is 1. The molecule has 0 saturated carbocycles. The summed E-state index contributed by atoms with van der Waals surface area (Å²) in [5.41, 5.74) is 0.830. The van der Waals surface area contributed by atoms with Crippen molar-refractivity contribution in [3.63, 3.8) is 0 Å². The van der Waals surface area contributed by atoms with Crippen LogP contribution in [0.5, 0.6) is 5.75 Å². The normalized spacial score (nSPS) is 18.4. The third-order valence-electron chi connectivity index (χ3n) is 6.03. The van der Waals surface area contributed by atoms with E-state index in [1.54, 1.807) is 0 Å². The molecule has 2 heterocycles. The average Bonchev–Trinajstić information content (AvgIpc) is 2.78. The lowest BCUT2D eigenvalue weighted by atomic mass is 10.1. The lowest BCUT2D eigenvalue weighted by Gasteiger charge is -2.32. The van der Waals surface area contributed by atoms with Crippen molar-refractivity contribution in [2.75, 3.05) is 26.2 Å². The quantitative estimate of drug-likeness (QED) is 0.715. The standard InChI is InChI=1S/C24H28F2N2O2/c25-22-5-4-6-23(26)21(22)17-27-15-11-20(12-16-27)30-19-9-7-18(8-10-19)24(29)28-13-2-1-3-14-28/h4-10,20H,1-3,11-17H2. The van der Waals surface area contributed by atoms with Crippen LogP contribution in [0, 0.1) is 11.6 Å². The van der Waals surface area contributed by atoms with Crippen molar-refractivity contribution < 1.29 is 18.3 Å². The number of benzene rings is 2. The van der Waals surface area contributed by atoms with Crippen LogP contribution < -0.4 is 4.74 Å². The molecule has 2 saturated heterocycles. The summed E-state index contributed by atoms with van der Waals surface area (Å²) in [6, 6.07) is 11.4.